The summed E-state index contributed by atoms with van der Waals surface area (Å²) in [7, 11) is 0. The molecule has 1 amide bonds. The smallest absolute Gasteiger partial charge is 0.244 e. The molecule has 1 atom stereocenters. The third-order valence-electron chi connectivity index (χ3n) is 4.51. The van der Waals surface area contributed by atoms with Crippen molar-refractivity contribution in [3.05, 3.63) is 77.4 Å². The fourth-order valence-corrected chi connectivity index (χ4v) is 3.09. The minimum atomic E-state index is -0.382. The molecule has 142 valence electrons. The summed E-state index contributed by atoms with van der Waals surface area (Å²) >= 11 is 0. The lowest BCUT2D eigenvalue weighted by Crippen LogP contribution is -2.43. The number of morpholine rings is 1. The first-order valence-corrected chi connectivity index (χ1v) is 8.91. The molecule has 0 bridgehead atoms. The lowest BCUT2D eigenvalue weighted by molar-refractivity contribution is -0.116. The van der Waals surface area contributed by atoms with E-state index in [0.717, 1.165) is 5.56 Å². The molecule has 1 unspecified atom stereocenters. The maximum atomic E-state index is 13.7. The minimum Gasteiger partial charge on any atom is -0.379 e. The number of amides is 1. The van der Waals surface area contributed by atoms with Crippen molar-refractivity contribution in [3.8, 4) is 0 Å². The van der Waals surface area contributed by atoms with Crippen LogP contribution in [0.3, 0.4) is 0 Å². The van der Waals surface area contributed by atoms with Crippen LogP contribution in [-0.2, 0) is 9.53 Å². The van der Waals surface area contributed by atoms with E-state index in [1.54, 1.807) is 24.3 Å². The van der Waals surface area contributed by atoms with E-state index in [2.05, 4.69) is 10.2 Å². The minimum absolute atomic E-state index is 0.157. The lowest BCUT2D eigenvalue weighted by Gasteiger charge is -2.34. The van der Waals surface area contributed by atoms with Gasteiger partial charge in [-0.2, -0.15) is 0 Å². The SMILES string of the molecule is O=C(/C=C/c1ccccc1F)NCC(c1cccc(F)c1)N1CCOCC1. The van der Waals surface area contributed by atoms with Crippen molar-refractivity contribution in [2.75, 3.05) is 32.8 Å². The topological polar surface area (TPSA) is 41.6 Å². The Hall–Kier alpha value is -2.57. The molecule has 3 rings (SSSR count). The normalized spacial score (nSPS) is 16.4. The Labute approximate surface area is 157 Å². The van der Waals surface area contributed by atoms with Gasteiger partial charge in [0.1, 0.15) is 11.6 Å². The molecule has 4 nitrogen and oxygen atoms in total. The summed E-state index contributed by atoms with van der Waals surface area (Å²) in [5, 5.41) is 2.83. The number of benzene rings is 2. The largest absolute Gasteiger partial charge is 0.379 e. The molecule has 27 heavy (non-hydrogen) atoms. The summed E-state index contributed by atoms with van der Waals surface area (Å²) < 4.78 is 32.7. The predicted molar refractivity (Wildman–Crippen MR) is 100.0 cm³/mol. The molecule has 6 heteroatoms. The molecule has 1 N–H and O–H groups in total. The van der Waals surface area contributed by atoms with E-state index in [-0.39, 0.29) is 23.6 Å². The van der Waals surface area contributed by atoms with Crippen LogP contribution in [0.4, 0.5) is 8.78 Å². The fourth-order valence-electron chi connectivity index (χ4n) is 3.09. The Morgan fingerprint density at radius 3 is 2.67 bits per heavy atom. The highest BCUT2D eigenvalue weighted by atomic mass is 19.1. The van der Waals surface area contributed by atoms with Crippen LogP contribution in [-0.4, -0.2) is 43.7 Å². The van der Waals surface area contributed by atoms with E-state index in [1.807, 2.05) is 6.07 Å². The number of halogens is 2. The number of rotatable bonds is 6. The van der Waals surface area contributed by atoms with Gasteiger partial charge in [-0.05, 0) is 29.8 Å². The van der Waals surface area contributed by atoms with Gasteiger partial charge in [-0.1, -0.05) is 30.3 Å². The molecule has 0 spiro atoms. The van der Waals surface area contributed by atoms with Crippen molar-refractivity contribution in [1.82, 2.24) is 10.2 Å². The van der Waals surface area contributed by atoms with Gasteiger partial charge in [0, 0.05) is 31.3 Å². The van der Waals surface area contributed by atoms with Crippen LogP contribution in [0.5, 0.6) is 0 Å². The van der Waals surface area contributed by atoms with Gasteiger partial charge in [0.15, 0.2) is 0 Å². The Morgan fingerprint density at radius 2 is 1.93 bits per heavy atom. The predicted octanol–water partition coefficient (Wildman–Crippen LogP) is 3.17. The highest BCUT2D eigenvalue weighted by molar-refractivity contribution is 5.91. The zero-order valence-corrected chi connectivity index (χ0v) is 14.9. The molecular formula is C21H22F2N2O2. The van der Waals surface area contributed by atoms with Crippen LogP contribution < -0.4 is 5.32 Å². The van der Waals surface area contributed by atoms with Crippen molar-refractivity contribution in [3.63, 3.8) is 0 Å². The van der Waals surface area contributed by atoms with E-state index in [0.29, 0.717) is 38.4 Å². The van der Waals surface area contributed by atoms with Crippen LogP contribution in [0.15, 0.2) is 54.6 Å². The maximum absolute atomic E-state index is 13.7. The first kappa shape index (κ1) is 19.2. The first-order chi connectivity index (χ1) is 13.1. The number of carbonyl (C=O) groups is 1. The Morgan fingerprint density at radius 1 is 1.15 bits per heavy atom. The zero-order chi connectivity index (χ0) is 19.1. The molecule has 2 aromatic carbocycles. The number of nitrogens with zero attached hydrogens (tertiary/aromatic N) is 1. The van der Waals surface area contributed by atoms with Gasteiger partial charge in [-0.3, -0.25) is 9.69 Å². The highest BCUT2D eigenvalue weighted by Gasteiger charge is 2.23. The van der Waals surface area contributed by atoms with Crippen LogP contribution in [0.1, 0.15) is 17.2 Å². The monoisotopic (exact) mass is 372 g/mol. The number of hydrogen-bond donors (Lipinski definition) is 1. The Kier molecular flexibility index (Phi) is 6.68. The quantitative estimate of drug-likeness (QED) is 0.792. The van der Waals surface area contributed by atoms with Gasteiger partial charge in [-0.25, -0.2) is 8.78 Å². The standard InChI is InChI=1S/C21H22F2N2O2/c22-18-6-3-5-17(14-18)20(25-10-12-27-13-11-25)15-24-21(26)9-8-16-4-1-2-7-19(16)23/h1-9,14,20H,10-13,15H2,(H,24,26)/b9-8+. The Balaban J connectivity index is 1.67. The molecule has 1 fully saturated rings. The van der Waals surface area contributed by atoms with E-state index >= 15 is 0 Å². The van der Waals surface area contributed by atoms with Gasteiger partial charge in [0.25, 0.3) is 0 Å². The molecule has 1 heterocycles. The summed E-state index contributed by atoms with van der Waals surface area (Å²) in [5.74, 6) is -1.02. The molecule has 1 saturated heterocycles. The van der Waals surface area contributed by atoms with E-state index in [1.165, 1.54) is 30.4 Å². The van der Waals surface area contributed by atoms with Crippen molar-refractivity contribution in [2.45, 2.75) is 6.04 Å². The number of hydrogen-bond acceptors (Lipinski definition) is 3. The third-order valence-corrected chi connectivity index (χ3v) is 4.51. The molecule has 0 saturated carbocycles. The second-order valence-corrected chi connectivity index (χ2v) is 6.32. The van der Waals surface area contributed by atoms with Crippen molar-refractivity contribution in [1.29, 1.82) is 0 Å². The average Bonchev–Trinajstić information content (AvgIpc) is 2.68. The van der Waals surface area contributed by atoms with Gasteiger partial charge >= 0.3 is 0 Å². The Bertz CT molecular complexity index is 804. The molecule has 0 aromatic heterocycles. The average molecular weight is 372 g/mol. The fraction of sp³-hybridized carbons (Fsp3) is 0.286. The molecular weight excluding hydrogens is 350 g/mol. The van der Waals surface area contributed by atoms with Crippen molar-refractivity contribution < 1.29 is 18.3 Å². The molecule has 1 aliphatic heterocycles. The third kappa shape index (κ3) is 5.45. The van der Waals surface area contributed by atoms with E-state index in [4.69, 9.17) is 4.74 Å². The molecule has 1 aliphatic rings. The number of nitrogens with one attached hydrogen (secondary N) is 1. The first-order valence-electron chi connectivity index (χ1n) is 8.91. The highest BCUT2D eigenvalue weighted by Crippen LogP contribution is 2.22. The lowest BCUT2D eigenvalue weighted by atomic mass is 10.0. The van der Waals surface area contributed by atoms with Gasteiger partial charge < -0.3 is 10.1 Å². The molecule has 2 aromatic rings. The maximum Gasteiger partial charge on any atom is 0.244 e. The van der Waals surface area contributed by atoms with E-state index in [9.17, 15) is 13.6 Å². The van der Waals surface area contributed by atoms with E-state index < -0.39 is 0 Å². The second kappa shape index (κ2) is 9.39. The number of carbonyl (C=O) groups excluding carboxylic acids is 1. The van der Waals surface area contributed by atoms with Gasteiger partial charge in [-0.15, -0.1) is 0 Å². The van der Waals surface area contributed by atoms with Crippen LogP contribution >= 0.6 is 0 Å². The zero-order valence-electron chi connectivity index (χ0n) is 14.9. The second-order valence-electron chi connectivity index (χ2n) is 6.32. The summed E-state index contributed by atoms with van der Waals surface area (Å²) in [6.07, 6.45) is 2.75. The van der Waals surface area contributed by atoms with Crippen LogP contribution in [0, 0.1) is 11.6 Å². The van der Waals surface area contributed by atoms with Gasteiger partial charge in [0.2, 0.25) is 5.91 Å². The van der Waals surface area contributed by atoms with Crippen LogP contribution in [0.2, 0.25) is 0 Å². The summed E-state index contributed by atoms with van der Waals surface area (Å²) in [6.45, 7) is 2.95. The summed E-state index contributed by atoms with van der Waals surface area (Å²) in [6, 6.07) is 12.5. The molecule has 0 radical (unpaired) electrons. The number of ether oxygens (including phenoxy) is 1. The van der Waals surface area contributed by atoms with Crippen LogP contribution in [0.25, 0.3) is 6.08 Å². The van der Waals surface area contributed by atoms with Crippen molar-refractivity contribution >= 4 is 12.0 Å². The summed E-state index contributed by atoms with van der Waals surface area (Å²) in [4.78, 5) is 14.3. The van der Waals surface area contributed by atoms with Gasteiger partial charge in [0.05, 0.1) is 19.3 Å². The van der Waals surface area contributed by atoms with Crippen molar-refractivity contribution in [2.24, 2.45) is 0 Å². The summed E-state index contributed by atoms with van der Waals surface area (Å²) in [5.41, 5.74) is 1.15. The molecule has 0 aliphatic carbocycles.